The molecule has 0 aliphatic heterocycles. The molecule has 0 spiro atoms. The van der Waals surface area contributed by atoms with E-state index in [0.717, 1.165) is 0 Å². The third-order valence-corrected chi connectivity index (χ3v) is 8.65. The minimum Gasteiger partial charge on any atom is -0.207 e. The topological polar surface area (TPSA) is 51.5 Å². The number of allylic oxidation sites excluding steroid dienone is 2. The van der Waals surface area contributed by atoms with Crippen molar-refractivity contribution in [1.82, 2.24) is 0 Å². The molecule has 298 valence electrons. The maximum atomic E-state index is 15.4. The van der Waals surface area contributed by atoms with E-state index in [1.807, 2.05) is 21.7 Å². The average molecular weight is 855 g/mol. The fraction of sp³-hybridized carbons (Fsp3) is 0.0312. The van der Waals surface area contributed by atoms with Gasteiger partial charge < -0.3 is 0 Å². The summed E-state index contributed by atoms with van der Waals surface area (Å²) in [6.07, 6.45) is -3.72. The van der Waals surface area contributed by atoms with Crippen LogP contribution in [0.5, 0.6) is 0 Å². The van der Waals surface area contributed by atoms with E-state index < -0.39 is 144 Å². The number of benzene rings is 4. The fourth-order valence-electron chi connectivity index (χ4n) is 5.55. The molecular formula is C32H6BF20N3S. The van der Waals surface area contributed by atoms with Crippen molar-refractivity contribution in [3.05, 3.63) is 145 Å². The molecule has 25 heteroatoms. The molecular weight excluding hydrogens is 849 g/mol. The molecule has 0 aliphatic carbocycles. The van der Waals surface area contributed by atoms with Crippen molar-refractivity contribution >= 4 is 39.3 Å². The van der Waals surface area contributed by atoms with E-state index >= 15 is 35.1 Å². The van der Waals surface area contributed by atoms with Gasteiger partial charge in [-0.2, -0.15) is 15.1 Å². The highest BCUT2D eigenvalue weighted by molar-refractivity contribution is 7.20. The lowest BCUT2D eigenvalue weighted by molar-refractivity contribution is -0.682. The van der Waals surface area contributed by atoms with Crippen LogP contribution in [0.1, 0.15) is 0 Å². The second-order valence-corrected chi connectivity index (χ2v) is 11.6. The predicted octanol–water partition coefficient (Wildman–Crippen LogP) is 6.86. The van der Waals surface area contributed by atoms with Crippen LogP contribution in [0.4, 0.5) is 87.8 Å². The zero-order chi connectivity index (χ0) is 43.2. The zero-order valence-corrected chi connectivity index (χ0v) is 27.2. The summed E-state index contributed by atoms with van der Waals surface area (Å²) in [5.41, 5.74) is -12.2. The number of rotatable bonds is 6. The number of nitrogens with zero attached hydrogens (tertiary/aromatic N) is 3. The van der Waals surface area contributed by atoms with E-state index in [4.69, 9.17) is 10.5 Å². The van der Waals surface area contributed by atoms with Crippen LogP contribution < -0.4 is 26.4 Å². The van der Waals surface area contributed by atoms with E-state index in [1.54, 1.807) is 29.6 Å². The number of nitriles is 2. The lowest BCUT2D eigenvalue weighted by Crippen LogP contribution is -2.81. The van der Waals surface area contributed by atoms with Gasteiger partial charge in [0.05, 0.1) is 5.38 Å². The summed E-state index contributed by atoms with van der Waals surface area (Å²) >= 11 is 1.57. The van der Waals surface area contributed by atoms with Crippen LogP contribution in [0.3, 0.4) is 0 Å². The Morgan fingerprint density at radius 2 is 0.667 bits per heavy atom. The van der Waals surface area contributed by atoms with Crippen LogP contribution >= 0.6 is 11.3 Å². The molecule has 0 unspecified atom stereocenters. The first kappa shape index (κ1) is 43.6. The summed E-state index contributed by atoms with van der Waals surface area (Å²) in [6, 6.07) is 3.61. The molecule has 0 saturated heterocycles. The maximum absolute atomic E-state index is 15.4. The van der Waals surface area contributed by atoms with Crippen LogP contribution in [0.25, 0.3) is 0 Å². The molecule has 0 fully saturated rings. The van der Waals surface area contributed by atoms with Gasteiger partial charge in [0.2, 0.25) is 5.51 Å². The Morgan fingerprint density at radius 3 is 0.860 bits per heavy atom. The molecule has 57 heavy (non-hydrogen) atoms. The molecule has 5 aromatic rings. The Morgan fingerprint density at radius 1 is 0.439 bits per heavy atom. The first-order chi connectivity index (χ1) is 26.6. The van der Waals surface area contributed by atoms with Gasteiger partial charge >= 0.3 is 0 Å². The van der Waals surface area contributed by atoms with E-state index in [1.165, 1.54) is 0 Å². The van der Waals surface area contributed by atoms with Crippen LogP contribution in [0, 0.1) is 139 Å². The van der Waals surface area contributed by atoms with Gasteiger partial charge in [0, 0.05) is 6.08 Å². The number of halogens is 20. The van der Waals surface area contributed by atoms with Gasteiger partial charge in [-0.25, -0.2) is 87.8 Å². The molecule has 3 nitrogen and oxygen atoms in total. The lowest BCUT2D eigenvalue weighted by atomic mass is 9.12. The fourth-order valence-corrected chi connectivity index (χ4v) is 6.16. The van der Waals surface area contributed by atoms with Crippen molar-refractivity contribution in [3.63, 3.8) is 0 Å². The van der Waals surface area contributed by atoms with Crippen molar-refractivity contribution in [2.75, 3.05) is 0 Å². The Labute approximate surface area is 306 Å². The largest absolute Gasteiger partial charge is 0.224 e. The summed E-state index contributed by atoms with van der Waals surface area (Å²) in [6.45, 7) is 0.583. The normalized spacial score (nSPS) is 11.2. The summed E-state index contributed by atoms with van der Waals surface area (Å²) in [4.78, 5) is 0. The van der Waals surface area contributed by atoms with Gasteiger partial charge in [-0.05, 0) is 0 Å². The molecule has 0 radical (unpaired) electrons. The molecule has 5 rings (SSSR count). The quantitative estimate of drug-likeness (QED) is 0.0469. The van der Waals surface area contributed by atoms with Crippen molar-refractivity contribution in [1.29, 1.82) is 10.5 Å². The number of hydrogen-bond acceptors (Lipinski definition) is 3. The molecule has 0 atom stereocenters. The van der Waals surface area contributed by atoms with E-state index in [-0.39, 0.29) is 5.57 Å². The molecule has 4 aromatic carbocycles. The molecule has 0 saturated carbocycles. The molecule has 0 aliphatic rings. The van der Waals surface area contributed by atoms with Gasteiger partial charge in [-0.3, -0.25) is 0 Å². The van der Waals surface area contributed by atoms with Crippen molar-refractivity contribution in [2.45, 2.75) is 6.54 Å². The summed E-state index contributed by atoms with van der Waals surface area (Å²) < 4.78 is 296. The van der Waals surface area contributed by atoms with Crippen molar-refractivity contribution < 1.29 is 92.4 Å². The minimum absolute atomic E-state index is 0.161. The summed E-state index contributed by atoms with van der Waals surface area (Å²) in [7, 11) is 0. The van der Waals surface area contributed by atoms with Gasteiger partial charge in [0.25, 0.3) is 0 Å². The van der Waals surface area contributed by atoms with Gasteiger partial charge in [-0.15, -0.1) is 21.9 Å². The Hall–Kier alpha value is -6.11. The Bertz CT molecular complexity index is 2180. The van der Waals surface area contributed by atoms with Gasteiger partial charge in [-0.1, -0.05) is 11.3 Å². The van der Waals surface area contributed by atoms with Crippen LogP contribution in [0.2, 0.25) is 0 Å². The Balaban J connectivity index is 0.000000512. The molecule has 1 aromatic heterocycles. The van der Waals surface area contributed by atoms with Gasteiger partial charge in [0.1, 0.15) is 70.4 Å². The minimum atomic E-state index is -7.22. The number of hydrogen-bond donors (Lipinski definition) is 0. The SMILES string of the molecule is Fc1c(F)c(F)c([B-](c2c(F)c(F)c(F)c(F)c2F)(c2c(F)c(F)c(F)c(F)c2F)c2c(F)c(F)c(F)c(F)c2F)c(F)c1F.N#CC(C#N)=CC[n+]1ccsc1. The second kappa shape index (κ2) is 16.2. The smallest absolute Gasteiger partial charge is 0.207 e. The standard InChI is InChI=1S/C24BF20.C8H6N3S/c26-5-1(6(27)14(35)21(42)13(5)34)25(2-7(28)15(36)22(43)16(37)8(2)29,3-9(30)17(38)23(44)18(39)10(3)31)4-11(32)19(40)24(45)20(41)12(4)33;9-5-8(6-10)1-2-11-3-4-12-7-11/h;1,3-4,7H,2H2/q-1;+1. The predicted molar refractivity (Wildman–Crippen MR) is 153 cm³/mol. The highest BCUT2D eigenvalue weighted by Crippen LogP contribution is 2.30. The van der Waals surface area contributed by atoms with Crippen LogP contribution in [-0.2, 0) is 6.54 Å². The van der Waals surface area contributed by atoms with E-state index in [0.29, 0.717) is 6.54 Å². The molecule has 0 amide bonds. The van der Waals surface area contributed by atoms with E-state index in [9.17, 15) is 52.7 Å². The second-order valence-electron chi connectivity index (χ2n) is 10.9. The third-order valence-electron chi connectivity index (χ3n) is 7.98. The van der Waals surface area contributed by atoms with E-state index in [2.05, 4.69) is 0 Å². The Kier molecular flexibility index (Phi) is 12.4. The first-order valence-electron chi connectivity index (χ1n) is 14.2. The van der Waals surface area contributed by atoms with Crippen LogP contribution in [-0.4, -0.2) is 6.15 Å². The first-order valence-corrected chi connectivity index (χ1v) is 15.2. The van der Waals surface area contributed by atoms with Gasteiger partial charge in [0.15, 0.2) is 82.5 Å². The summed E-state index contributed by atoms with van der Waals surface area (Å²) in [5, 5.41) is 18.8. The zero-order valence-electron chi connectivity index (χ0n) is 26.4. The average Bonchev–Trinajstić information content (AvgIpc) is 3.72. The molecule has 0 bridgehead atoms. The number of aromatic nitrogens is 1. The highest BCUT2D eigenvalue weighted by Gasteiger charge is 2.52. The monoisotopic (exact) mass is 855 g/mol. The highest BCUT2D eigenvalue weighted by atomic mass is 32.1. The molecule has 0 N–H and O–H groups in total. The van der Waals surface area contributed by atoms with Crippen molar-refractivity contribution in [3.8, 4) is 12.1 Å². The summed E-state index contributed by atoms with van der Waals surface area (Å²) in [5.74, 6) is -71.4. The van der Waals surface area contributed by atoms with Crippen molar-refractivity contribution in [2.24, 2.45) is 0 Å². The third kappa shape index (κ3) is 6.78. The lowest BCUT2D eigenvalue weighted by Gasteiger charge is -2.44. The van der Waals surface area contributed by atoms with Crippen LogP contribution in [0.15, 0.2) is 28.7 Å². The number of thiazole rings is 1. The maximum Gasteiger partial charge on any atom is 0.224 e. The molecule has 1 heterocycles.